The second kappa shape index (κ2) is 12.7. The van der Waals surface area contributed by atoms with Crippen molar-refractivity contribution in [3.05, 3.63) is 83.7 Å². The summed E-state index contributed by atoms with van der Waals surface area (Å²) in [5.41, 5.74) is 1.48. The molecule has 10 nitrogen and oxygen atoms in total. The minimum atomic E-state index is -4.16. The Bertz CT molecular complexity index is 1460. The molecule has 0 saturated carbocycles. The molecule has 0 aromatic heterocycles. The molecule has 0 atom stereocenters. The number of anilines is 2. The topological polar surface area (TPSA) is 117 Å². The second-order valence-corrected chi connectivity index (χ2v) is 10.7. The SMILES string of the molecule is CCOC(=O)N1CCN(C(=O)c2ccc(NCc3ccc(F)cc3)c(S(=O)(=O)Nc3cccc(OC)c3)c2)CC1. The van der Waals surface area contributed by atoms with E-state index in [1.807, 2.05) is 0 Å². The predicted molar refractivity (Wildman–Crippen MR) is 148 cm³/mol. The van der Waals surface area contributed by atoms with Gasteiger partial charge in [0.1, 0.15) is 16.5 Å². The van der Waals surface area contributed by atoms with Gasteiger partial charge in [-0.2, -0.15) is 0 Å². The lowest BCUT2D eigenvalue weighted by Gasteiger charge is -2.34. The molecular weight excluding hydrogens is 539 g/mol. The lowest BCUT2D eigenvalue weighted by atomic mass is 10.1. The van der Waals surface area contributed by atoms with Crippen LogP contribution in [0.1, 0.15) is 22.8 Å². The zero-order valence-electron chi connectivity index (χ0n) is 22.2. The van der Waals surface area contributed by atoms with Crippen LogP contribution in [0.15, 0.2) is 71.6 Å². The number of methoxy groups -OCH3 is 1. The van der Waals surface area contributed by atoms with E-state index >= 15 is 0 Å². The third kappa shape index (κ3) is 7.00. The van der Waals surface area contributed by atoms with Gasteiger partial charge in [0, 0.05) is 44.4 Å². The van der Waals surface area contributed by atoms with Crippen LogP contribution in [0.5, 0.6) is 5.75 Å². The van der Waals surface area contributed by atoms with Crippen molar-refractivity contribution in [2.24, 2.45) is 0 Å². The zero-order chi connectivity index (χ0) is 28.7. The standard InChI is InChI=1S/C28H31FN4O6S/c1-3-39-28(35)33-15-13-32(14-16-33)27(34)21-9-12-25(30-19-20-7-10-22(29)11-8-20)26(17-21)40(36,37)31-23-5-4-6-24(18-23)38-2/h4-12,17-18,30-31H,3,13-16,19H2,1-2H3. The highest BCUT2D eigenvalue weighted by Crippen LogP contribution is 2.28. The Labute approximate surface area is 232 Å². The molecule has 3 aromatic carbocycles. The number of rotatable bonds is 9. The van der Waals surface area contributed by atoms with Gasteiger partial charge < -0.3 is 24.6 Å². The van der Waals surface area contributed by atoms with Crippen LogP contribution in [-0.4, -0.2) is 70.1 Å². The molecule has 1 heterocycles. The third-order valence-electron chi connectivity index (χ3n) is 6.33. The first-order valence-corrected chi connectivity index (χ1v) is 14.2. The van der Waals surface area contributed by atoms with Crippen molar-refractivity contribution < 1.29 is 31.9 Å². The van der Waals surface area contributed by atoms with Crippen LogP contribution in [-0.2, 0) is 21.3 Å². The van der Waals surface area contributed by atoms with Crippen molar-refractivity contribution in [1.29, 1.82) is 0 Å². The van der Waals surface area contributed by atoms with Crippen LogP contribution in [0, 0.1) is 5.82 Å². The molecule has 2 N–H and O–H groups in total. The number of carbonyl (C=O) groups is 2. The highest BCUT2D eigenvalue weighted by Gasteiger charge is 2.27. The summed E-state index contributed by atoms with van der Waals surface area (Å²) in [6.07, 6.45) is -0.428. The molecule has 4 rings (SSSR count). The molecule has 0 radical (unpaired) electrons. The number of amides is 2. The van der Waals surface area contributed by atoms with E-state index in [-0.39, 0.29) is 59.8 Å². The highest BCUT2D eigenvalue weighted by molar-refractivity contribution is 7.92. The van der Waals surface area contributed by atoms with Crippen LogP contribution in [0.3, 0.4) is 0 Å². The van der Waals surface area contributed by atoms with Gasteiger partial charge in [0.15, 0.2) is 0 Å². The van der Waals surface area contributed by atoms with Crippen molar-refractivity contribution in [3.63, 3.8) is 0 Å². The summed E-state index contributed by atoms with van der Waals surface area (Å²) < 4.78 is 53.3. The third-order valence-corrected chi connectivity index (χ3v) is 7.75. The van der Waals surface area contributed by atoms with Crippen LogP contribution in [0.4, 0.5) is 20.6 Å². The van der Waals surface area contributed by atoms with Gasteiger partial charge in [-0.05, 0) is 55.0 Å². The number of nitrogens with zero attached hydrogens (tertiary/aromatic N) is 2. The van der Waals surface area contributed by atoms with E-state index in [0.29, 0.717) is 18.8 Å². The minimum absolute atomic E-state index is 0.131. The van der Waals surface area contributed by atoms with E-state index in [4.69, 9.17) is 9.47 Å². The molecule has 3 aromatic rings. The van der Waals surface area contributed by atoms with Crippen LogP contribution < -0.4 is 14.8 Å². The maximum Gasteiger partial charge on any atom is 0.409 e. The van der Waals surface area contributed by atoms with Gasteiger partial charge in [0.2, 0.25) is 0 Å². The van der Waals surface area contributed by atoms with E-state index < -0.39 is 16.1 Å². The Balaban J connectivity index is 1.59. The summed E-state index contributed by atoms with van der Waals surface area (Å²) >= 11 is 0. The zero-order valence-corrected chi connectivity index (χ0v) is 23.0. The number of hydrogen-bond donors (Lipinski definition) is 2. The van der Waals surface area contributed by atoms with Crippen molar-refractivity contribution in [1.82, 2.24) is 9.80 Å². The number of sulfonamides is 1. The maximum absolute atomic E-state index is 13.6. The summed E-state index contributed by atoms with van der Waals surface area (Å²) in [5, 5.41) is 3.09. The maximum atomic E-state index is 13.6. The van der Waals surface area contributed by atoms with Crippen molar-refractivity contribution in [2.45, 2.75) is 18.4 Å². The van der Waals surface area contributed by atoms with E-state index in [2.05, 4.69) is 10.0 Å². The number of hydrogen-bond acceptors (Lipinski definition) is 7. The van der Waals surface area contributed by atoms with Gasteiger partial charge in [-0.3, -0.25) is 9.52 Å². The predicted octanol–water partition coefficient (Wildman–Crippen LogP) is 4.16. The van der Waals surface area contributed by atoms with Crippen molar-refractivity contribution in [3.8, 4) is 5.75 Å². The summed E-state index contributed by atoms with van der Waals surface area (Å²) in [6.45, 7) is 3.41. The normalized spacial score (nSPS) is 13.5. The Morgan fingerprint density at radius 1 is 0.950 bits per heavy atom. The van der Waals surface area contributed by atoms with Gasteiger partial charge in [0.25, 0.3) is 15.9 Å². The van der Waals surface area contributed by atoms with Crippen molar-refractivity contribution in [2.75, 3.05) is 49.9 Å². The average molecular weight is 571 g/mol. The number of carbonyl (C=O) groups excluding carboxylic acids is 2. The fourth-order valence-electron chi connectivity index (χ4n) is 4.21. The number of nitrogens with one attached hydrogen (secondary N) is 2. The van der Waals surface area contributed by atoms with Crippen molar-refractivity contribution >= 4 is 33.4 Å². The van der Waals surface area contributed by atoms with Gasteiger partial charge in [-0.25, -0.2) is 17.6 Å². The van der Waals surface area contributed by atoms with E-state index in [0.717, 1.165) is 5.56 Å². The van der Waals surface area contributed by atoms with E-state index in [1.165, 1.54) is 36.3 Å². The molecule has 1 fully saturated rings. The van der Waals surface area contributed by atoms with Gasteiger partial charge in [-0.1, -0.05) is 18.2 Å². The first kappa shape index (κ1) is 28.7. The summed E-state index contributed by atoms with van der Waals surface area (Å²) in [6, 6.07) is 16.7. The molecule has 0 aliphatic carbocycles. The molecule has 0 spiro atoms. The number of ether oxygens (including phenoxy) is 2. The summed E-state index contributed by atoms with van der Waals surface area (Å²) in [7, 11) is -2.68. The Kier molecular flexibility index (Phi) is 9.10. The molecule has 1 aliphatic rings. The number of halogens is 1. The van der Waals surface area contributed by atoms with Crippen LogP contribution >= 0.6 is 0 Å². The highest BCUT2D eigenvalue weighted by atomic mass is 32.2. The van der Waals surface area contributed by atoms with Crippen LogP contribution in [0.2, 0.25) is 0 Å². The fraction of sp³-hybridized carbons (Fsp3) is 0.286. The van der Waals surface area contributed by atoms with Gasteiger partial charge >= 0.3 is 6.09 Å². The quantitative estimate of drug-likeness (QED) is 0.397. The molecule has 1 aliphatic heterocycles. The first-order chi connectivity index (χ1) is 19.2. The largest absolute Gasteiger partial charge is 0.497 e. The molecule has 40 heavy (non-hydrogen) atoms. The molecule has 0 bridgehead atoms. The second-order valence-electron chi connectivity index (χ2n) is 9.01. The van der Waals surface area contributed by atoms with E-state index in [9.17, 15) is 22.4 Å². The molecular formula is C28H31FN4O6S. The molecule has 0 unspecified atom stereocenters. The van der Waals surface area contributed by atoms with Gasteiger partial charge in [0.05, 0.1) is 25.1 Å². The van der Waals surface area contributed by atoms with E-state index in [1.54, 1.807) is 54.3 Å². The number of piperazine rings is 1. The first-order valence-electron chi connectivity index (χ1n) is 12.7. The molecule has 12 heteroatoms. The Morgan fingerprint density at radius 2 is 1.65 bits per heavy atom. The smallest absolute Gasteiger partial charge is 0.409 e. The lowest BCUT2D eigenvalue weighted by molar-refractivity contribution is 0.0570. The lowest BCUT2D eigenvalue weighted by Crippen LogP contribution is -2.50. The summed E-state index contributed by atoms with van der Waals surface area (Å²) in [5.74, 6) is -0.257. The van der Waals surface area contributed by atoms with Gasteiger partial charge in [-0.15, -0.1) is 0 Å². The average Bonchev–Trinajstić information content (AvgIpc) is 2.96. The minimum Gasteiger partial charge on any atom is -0.497 e. The summed E-state index contributed by atoms with van der Waals surface area (Å²) in [4.78, 5) is 28.3. The monoisotopic (exact) mass is 570 g/mol. The molecule has 1 saturated heterocycles. The number of benzene rings is 3. The Hall–Kier alpha value is -4.32. The Morgan fingerprint density at radius 3 is 2.33 bits per heavy atom. The fourth-order valence-corrected chi connectivity index (χ4v) is 5.47. The van der Waals surface area contributed by atoms with Crippen LogP contribution in [0.25, 0.3) is 0 Å². The molecule has 2 amide bonds. The molecule has 212 valence electrons.